The van der Waals surface area contributed by atoms with E-state index in [-0.39, 0.29) is 24.9 Å². The van der Waals surface area contributed by atoms with Crippen LogP contribution in [-0.2, 0) is 14.3 Å². The maximum atomic E-state index is 13.3. The van der Waals surface area contributed by atoms with Gasteiger partial charge in [-0.1, -0.05) is 250 Å². The number of aliphatic hydroxyl groups excluding tert-OH is 2. The molecule has 0 heterocycles. The first-order valence-corrected chi connectivity index (χ1v) is 28.7. The molecule has 0 bridgehead atoms. The fourth-order valence-corrected chi connectivity index (χ4v) is 8.83. The van der Waals surface area contributed by atoms with Crippen LogP contribution >= 0.6 is 0 Å². The fourth-order valence-electron chi connectivity index (χ4n) is 8.83. The summed E-state index contributed by atoms with van der Waals surface area (Å²) in [7, 11) is 0. The minimum absolute atomic E-state index is 0.0592. The minimum Gasteiger partial charge on any atom is -0.462 e. The number of hydrogen-bond donors (Lipinski definition) is 3. The van der Waals surface area contributed by atoms with Gasteiger partial charge in [0.15, 0.2) is 0 Å². The largest absolute Gasteiger partial charge is 0.462 e. The van der Waals surface area contributed by atoms with E-state index in [0.717, 1.165) is 83.5 Å². The Labute approximate surface area is 404 Å². The molecule has 3 unspecified atom stereocenters. The van der Waals surface area contributed by atoms with E-state index in [2.05, 4.69) is 62.5 Å². The van der Waals surface area contributed by atoms with E-state index in [1.54, 1.807) is 0 Å². The van der Waals surface area contributed by atoms with Gasteiger partial charge in [-0.15, -0.1) is 0 Å². The van der Waals surface area contributed by atoms with Crippen molar-refractivity contribution in [2.45, 2.75) is 322 Å². The third-order valence-electron chi connectivity index (χ3n) is 13.2. The number of unbranched alkanes of at least 4 members (excludes halogenated alkanes) is 35. The molecule has 0 aliphatic carbocycles. The van der Waals surface area contributed by atoms with Gasteiger partial charge in [0.05, 0.1) is 25.2 Å². The molecule has 0 aromatic rings. The number of nitrogens with one attached hydrogen (secondary N) is 1. The predicted octanol–water partition coefficient (Wildman–Crippen LogP) is 17.6. The smallest absolute Gasteiger partial charge is 0.306 e. The van der Waals surface area contributed by atoms with Crippen molar-refractivity contribution >= 4 is 11.9 Å². The van der Waals surface area contributed by atoms with Crippen LogP contribution in [0.1, 0.15) is 303 Å². The van der Waals surface area contributed by atoms with Crippen molar-refractivity contribution in [2.24, 2.45) is 0 Å². The van der Waals surface area contributed by atoms with E-state index in [0.29, 0.717) is 19.3 Å². The third kappa shape index (κ3) is 48.3. The number of carbonyl (C=O) groups is 2. The summed E-state index contributed by atoms with van der Waals surface area (Å²) in [6.45, 7) is 6.50. The van der Waals surface area contributed by atoms with Crippen LogP contribution in [0.4, 0.5) is 0 Å². The summed E-state index contributed by atoms with van der Waals surface area (Å²) in [5, 5.41) is 23.9. The lowest BCUT2D eigenvalue weighted by atomic mass is 10.0. The lowest BCUT2D eigenvalue weighted by Gasteiger charge is -2.24. The van der Waals surface area contributed by atoms with Crippen LogP contribution in [0.2, 0.25) is 0 Å². The molecule has 0 saturated carbocycles. The Hall–Kier alpha value is -1.92. The van der Waals surface area contributed by atoms with E-state index < -0.39 is 18.2 Å². The SMILES string of the molecule is CCCCCCCCC/C=C/C=C/CCCCCC(=O)OC(CCCCC/C=C/CCCCCCCCC)CC(=O)NC(CO)C(O)CCCCCCCCCCCCCCCCCC. The number of carbonyl (C=O) groups excluding carboxylic acids is 2. The van der Waals surface area contributed by atoms with Gasteiger partial charge in [0.1, 0.15) is 6.10 Å². The molecule has 6 heteroatoms. The van der Waals surface area contributed by atoms with Crippen molar-refractivity contribution in [2.75, 3.05) is 6.61 Å². The molecule has 0 aromatic heterocycles. The molecule has 3 N–H and O–H groups in total. The van der Waals surface area contributed by atoms with E-state index >= 15 is 0 Å². The zero-order chi connectivity index (χ0) is 47.4. The van der Waals surface area contributed by atoms with Crippen molar-refractivity contribution < 1.29 is 24.5 Å². The number of ether oxygens (including phenoxy) is 1. The average molecular weight is 915 g/mol. The Balaban J connectivity index is 4.58. The zero-order valence-corrected chi connectivity index (χ0v) is 43.6. The average Bonchev–Trinajstić information content (AvgIpc) is 3.30. The molecule has 0 fully saturated rings. The highest BCUT2D eigenvalue weighted by Crippen LogP contribution is 2.18. The Kier molecular flexibility index (Phi) is 51.5. The van der Waals surface area contributed by atoms with Crippen LogP contribution in [0.25, 0.3) is 0 Å². The molecule has 0 rings (SSSR count). The monoisotopic (exact) mass is 914 g/mol. The van der Waals surface area contributed by atoms with Crippen molar-refractivity contribution in [3.63, 3.8) is 0 Å². The lowest BCUT2D eigenvalue weighted by molar-refractivity contribution is -0.151. The summed E-state index contributed by atoms with van der Waals surface area (Å²) in [5.74, 6) is -0.508. The number of rotatable bonds is 52. The van der Waals surface area contributed by atoms with E-state index in [1.807, 2.05) is 0 Å². The topological polar surface area (TPSA) is 95.9 Å². The van der Waals surface area contributed by atoms with Gasteiger partial charge in [-0.2, -0.15) is 0 Å². The molecule has 65 heavy (non-hydrogen) atoms. The van der Waals surface area contributed by atoms with Gasteiger partial charge >= 0.3 is 5.97 Å². The summed E-state index contributed by atoms with van der Waals surface area (Å²) in [6.07, 6.45) is 63.5. The highest BCUT2D eigenvalue weighted by molar-refractivity contribution is 5.77. The molecular formula is C59H111NO5. The predicted molar refractivity (Wildman–Crippen MR) is 282 cm³/mol. The fraction of sp³-hybridized carbons (Fsp3) is 0.864. The first-order valence-electron chi connectivity index (χ1n) is 28.7. The highest BCUT2D eigenvalue weighted by atomic mass is 16.5. The Morgan fingerprint density at radius 1 is 0.446 bits per heavy atom. The summed E-state index contributed by atoms with van der Waals surface area (Å²) in [5.41, 5.74) is 0. The van der Waals surface area contributed by atoms with E-state index in [1.165, 1.54) is 173 Å². The summed E-state index contributed by atoms with van der Waals surface area (Å²) in [6, 6.07) is -0.710. The highest BCUT2D eigenvalue weighted by Gasteiger charge is 2.24. The van der Waals surface area contributed by atoms with Crippen molar-refractivity contribution in [3.05, 3.63) is 36.5 Å². The van der Waals surface area contributed by atoms with Crippen LogP contribution in [-0.4, -0.2) is 46.9 Å². The van der Waals surface area contributed by atoms with E-state index in [4.69, 9.17) is 4.74 Å². The normalized spacial score (nSPS) is 13.4. The van der Waals surface area contributed by atoms with Gasteiger partial charge < -0.3 is 20.3 Å². The summed E-state index contributed by atoms with van der Waals surface area (Å²) in [4.78, 5) is 26.2. The molecule has 3 atom stereocenters. The summed E-state index contributed by atoms with van der Waals surface area (Å²) >= 11 is 0. The molecule has 0 aliphatic heterocycles. The molecular weight excluding hydrogens is 803 g/mol. The molecule has 0 aliphatic rings. The summed E-state index contributed by atoms with van der Waals surface area (Å²) < 4.78 is 5.94. The van der Waals surface area contributed by atoms with Crippen LogP contribution in [0.5, 0.6) is 0 Å². The van der Waals surface area contributed by atoms with Crippen molar-refractivity contribution in [1.82, 2.24) is 5.32 Å². The minimum atomic E-state index is -0.795. The van der Waals surface area contributed by atoms with Gasteiger partial charge in [-0.25, -0.2) is 0 Å². The lowest BCUT2D eigenvalue weighted by Crippen LogP contribution is -2.46. The van der Waals surface area contributed by atoms with Crippen LogP contribution < -0.4 is 5.32 Å². The molecule has 382 valence electrons. The molecule has 0 spiro atoms. The van der Waals surface area contributed by atoms with Gasteiger partial charge in [0.25, 0.3) is 0 Å². The first-order chi connectivity index (χ1) is 32.0. The van der Waals surface area contributed by atoms with E-state index in [9.17, 15) is 19.8 Å². The second kappa shape index (κ2) is 53.0. The van der Waals surface area contributed by atoms with Crippen LogP contribution in [0.15, 0.2) is 36.5 Å². The Bertz CT molecular complexity index is 1070. The molecule has 1 amide bonds. The number of hydrogen-bond acceptors (Lipinski definition) is 5. The van der Waals surface area contributed by atoms with Gasteiger partial charge in [-0.3, -0.25) is 9.59 Å². The molecule has 0 aromatic carbocycles. The molecule has 0 saturated heterocycles. The number of allylic oxidation sites excluding steroid dienone is 6. The van der Waals surface area contributed by atoms with Gasteiger partial charge in [0.2, 0.25) is 5.91 Å². The Morgan fingerprint density at radius 2 is 0.785 bits per heavy atom. The standard InChI is InChI=1S/C59H111NO5/c1-4-7-10-13-16-19-22-25-28-30-33-36-39-42-45-48-51-57(62)56(54-61)60-58(63)53-55(50-47-44-41-38-35-32-27-24-21-18-15-12-9-6-3)65-59(64)52-49-46-43-40-37-34-31-29-26-23-20-17-14-11-8-5-2/h29,31-32,34-35,37,55-57,61-62H,4-28,30,33,36,38-54H2,1-3H3,(H,60,63)/b31-29+,35-32+,37-34+. The number of aliphatic hydroxyl groups is 2. The second-order valence-electron chi connectivity index (χ2n) is 19.7. The number of amides is 1. The van der Waals surface area contributed by atoms with Crippen molar-refractivity contribution in [1.29, 1.82) is 0 Å². The van der Waals surface area contributed by atoms with Gasteiger partial charge in [0, 0.05) is 6.42 Å². The quantitative estimate of drug-likeness (QED) is 0.0244. The molecule has 0 radical (unpaired) electrons. The van der Waals surface area contributed by atoms with Crippen LogP contribution in [0, 0.1) is 0 Å². The second-order valence-corrected chi connectivity index (χ2v) is 19.7. The van der Waals surface area contributed by atoms with Gasteiger partial charge in [-0.05, 0) is 77.0 Å². The maximum absolute atomic E-state index is 13.3. The molecule has 6 nitrogen and oxygen atoms in total. The third-order valence-corrected chi connectivity index (χ3v) is 13.2. The maximum Gasteiger partial charge on any atom is 0.306 e. The first kappa shape index (κ1) is 63.1. The zero-order valence-electron chi connectivity index (χ0n) is 43.6. The van der Waals surface area contributed by atoms with Crippen molar-refractivity contribution in [3.8, 4) is 0 Å². The van der Waals surface area contributed by atoms with Crippen LogP contribution in [0.3, 0.4) is 0 Å². The number of esters is 1. The Morgan fingerprint density at radius 3 is 1.20 bits per heavy atom.